The second-order valence-electron chi connectivity index (χ2n) is 2.44. The topological polar surface area (TPSA) is 23.6 Å². The van der Waals surface area contributed by atoms with Gasteiger partial charge in [0, 0.05) is 26.0 Å². The summed E-state index contributed by atoms with van der Waals surface area (Å²) in [5.74, 6) is 0.785. The minimum absolute atomic E-state index is 0.773. The smallest absolute Gasteiger partial charge is 0.146 e. The Morgan fingerprint density at radius 3 is 2.91 bits per heavy atom. The molecule has 0 bridgehead atoms. The summed E-state index contributed by atoms with van der Waals surface area (Å²) in [6, 6.07) is 0. The van der Waals surface area contributed by atoms with Crippen molar-refractivity contribution in [3.63, 3.8) is 0 Å². The first-order valence-corrected chi connectivity index (χ1v) is 4.51. The number of nitrogens with zero attached hydrogens (tertiary/aromatic N) is 2. The Bertz CT molecular complexity index is 224. The molecule has 1 rings (SSSR count). The van der Waals surface area contributed by atoms with Gasteiger partial charge in [-0.3, -0.25) is 4.31 Å². The zero-order valence-electron chi connectivity index (χ0n) is 6.78. The van der Waals surface area contributed by atoms with Gasteiger partial charge >= 0.3 is 0 Å². The third kappa shape index (κ3) is 1.63. The first-order valence-electron chi connectivity index (χ1n) is 3.34. The first-order chi connectivity index (χ1) is 5.13. The lowest BCUT2D eigenvalue weighted by molar-refractivity contribution is 0.381. The van der Waals surface area contributed by atoms with Crippen LogP contribution in [0.4, 0.5) is 0 Å². The van der Waals surface area contributed by atoms with E-state index in [1.54, 1.807) is 16.8 Å². The number of rotatable bonds is 0. The number of hydrogen-bond donors (Lipinski definition) is 0. The van der Waals surface area contributed by atoms with Crippen molar-refractivity contribution in [2.45, 2.75) is 0 Å². The Labute approximate surface area is 69.6 Å². The molecule has 1 heterocycles. The third-order valence-corrected chi connectivity index (χ3v) is 2.84. The van der Waals surface area contributed by atoms with Crippen LogP contribution >= 0.6 is 0 Å². The normalized spacial score (nSPS) is 25.6. The number of hydrogen-bond acceptors (Lipinski definition) is 2. The van der Waals surface area contributed by atoms with Crippen LogP contribution in [0.2, 0.25) is 0 Å². The van der Waals surface area contributed by atoms with Gasteiger partial charge in [0.1, 0.15) is 16.8 Å². The lowest BCUT2D eigenvalue weighted by Gasteiger charge is -2.24. The zero-order chi connectivity index (χ0) is 8.43. The van der Waals surface area contributed by atoms with Gasteiger partial charge in [0.25, 0.3) is 0 Å². The Kier molecular flexibility index (Phi) is 2.34. The fourth-order valence-electron chi connectivity index (χ4n) is 0.824. The molecule has 11 heavy (non-hydrogen) atoms. The molecule has 0 amide bonds. The fraction of sp³-hybridized carbons (Fsp3) is 0.429. The van der Waals surface area contributed by atoms with E-state index in [1.807, 2.05) is 18.0 Å². The summed E-state index contributed by atoms with van der Waals surface area (Å²) >= 11 is 0. The predicted octanol–water partition coefficient (Wildman–Crippen LogP) is 0.512. The van der Waals surface area contributed by atoms with E-state index in [0.717, 1.165) is 12.4 Å². The molecule has 62 valence electrons. The third-order valence-electron chi connectivity index (χ3n) is 1.67. The SMILES string of the molecule is C=C1N(C)CC=CS(=O)N1C. The summed E-state index contributed by atoms with van der Waals surface area (Å²) in [7, 11) is 2.65. The van der Waals surface area contributed by atoms with Gasteiger partial charge in [-0.05, 0) is 0 Å². The van der Waals surface area contributed by atoms with Crippen LogP contribution in [0.1, 0.15) is 0 Å². The molecule has 0 radical (unpaired) electrons. The average molecular weight is 172 g/mol. The maximum Gasteiger partial charge on any atom is 0.146 e. The van der Waals surface area contributed by atoms with Crippen LogP contribution in [-0.2, 0) is 11.0 Å². The molecule has 3 nitrogen and oxygen atoms in total. The predicted molar refractivity (Wildman–Crippen MR) is 46.8 cm³/mol. The van der Waals surface area contributed by atoms with Crippen molar-refractivity contribution in [2.24, 2.45) is 0 Å². The Hall–Kier alpha value is -0.770. The minimum Gasteiger partial charge on any atom is -0.357 e. The molecule has 1 aliphatic heterocycles. The molecule has 0 aliphatic carbocycles. The van der Waals surface area contributed by atoms with Gasteiger partial charge in [-0.15, -0.1) is 0 Å². The molecule has 1 unspecified atom stereocenters. The lowest BCUT2D eigenvalue weighted by atomic mass is 10.5. The molecule has 4 heteroatoms. The largest absolute Gasteiger partial charge is 0.357 e. The summed E-state index contributed by atoms with van der Waals surface area (Å²) in [4.78, 5) is 1.95. The fourth-order valence-corrected chi connectivity index (χ4v) is 1.60. The molecular weight excluding hydrogens is 160 g/mol. The average Bonchev–Trinajstić information content (AvgIpc) is 2.07. The Balaban J connectivity index is 2.84. The highest BCUT2D eigenvalue weighted by molar-refractivity contribution is 7.85. The molecule has 0 aromatic carbocycles. The van der Waals surface area contributed by atoms with Gasteiger partial charge in [0.05, 0.1) is 0 Å². The van der Waals surface area contributed by atoms with Crippen LogP contribution in [0.15, 0.2) is 23.9 Å². The van der Waals surface area contributed by atoms with Crippen LogP contribution in [0.25, 0.3) is 0 Å². The van der Waals surface area contributed by atoms with Crippen LogP contribution in [0.5, 0.6) is 0 Å². The molecule has 0 spiro atoms. The first kappa shape index (κ1) is 8.33. The standard InChI is InChI=1S/C7H12N2OS/c1-7-8(2)5-4-6-11(10)9(7)3/h4,6H,1,5H2,2-3H3. The molecule has 0 N–H and O–H groups in total. The molecule has 0 saturated carbocycles. The monoisotopic (exact) mass is 172 g/mol. The van der Waals surface area contributed by atoms with Gasteiger partial charge in [-0.2, -0.15) is 0 Å². The quantitative estimate of drug-likeness (QED) is 0.531. The highest BCUT2D eigenvalue weighted by Gasteiger charge is 2.13. The van der Waals surface area contributed by atoms with Crippen molar-refractivity contribution in [1.29, 1.82) is 0 Å². The van der Waals surface area contributed by atoms with Gasteiger partial charge in [-0.1, -0.05) is 12.7 Å². The van der Waals surface area contributed by atoms with E-state index in [4.69, 9.17) is 0 Å². The summed E-state index contributed by atoms with van der Waals surface area (Å²) in [6.45, 7) is 4.58. The second-order valence-corrected chi connectivity index (χ2v) is 3.81. The minimum atomic E-state index is -1.04. The molecule has 0 aromatic rings. The van der Waals surface area contributed by atoms with E-state index >= 15 is 0 Å². The summed E-state index contributed by atoms with van der Waals surface area (Å²) in [5, 5.41) is 1.68. The van der Waals surface area contributed by atoms with Crippen LogP contribution < -0.4 is 0 Å². The van der Waals surface area contributed by atoms with Crippen LogP contribution in [0.3, 0.4) is 0 Å². The molecule has 0 saturated heterocycles. The molecule has 1 atom stereocenters. The van der Waals surface area contributed by atoms with E-state index in [-0.39, 0.29) is 0 Å². The van der Waals surface area contributed by atoms with Crippen LogP contribution in [0, 0.1) is 0 Å². The second kappa shape index (κ2) is 3.09. The highest BCUT2D eigenvalue weighted by Crippen LogP contribution is 2.10. The summed E-state index contributed by atoms with van der Waals surface area (Å²) < 4.78 is 12.9. The van der Waals surface area contributed by atoms with Crippen molar-refractivity contribution in [3.8, 4) is 0 Å². The molecule has 1 aliphatic rings. The van der Waals surface area contributed by atoms with E-state index in [9.17, 15) is 4.21 Å². The van der Waals surface area contributed by atoms with Gasteiger partial charge < -0.3 is 4.90 Å². The van der Waals surface area contributed by atoms with E-state index in [0.29, 0.717) is 0 Å². The maximum absolute atomic E-state index is 11.2. The van der Waals surface area contributed by atoms with Crippen molar-refractivity contribution in [2.75, 3.05) is 20.6 Å². The molecule has 0 fully saturated rings. The lowest BCUT2D eigenvalue weighted by Crippen LogP contribution is -2.28. The molecular formula is C7H12N2OS. The Morgan fingerprint density at radius 1 is 1.64 bits per heavy atom. The van der Waals surface area contributed by atoms with Crippen molar-refractivity contribution in [1.82, 2.24) is 9.21 Å². The van der Waals surface area contributed by atoms with Crippen molar-refractivity contribution >= 4 is 11.0 Å². The van der Waals surface area contributed by atoms with Crippen molar-refractivity contribution < 1.29 is 4.21 Å². The van der Waals surface area contributed by atoms with Crippen molar-refractivity contribution in [3.05, 3.63) is 23.9 Å². The van der Waals surface area contributed by atoms with E-state index in [1.165, 1.54) is 0 Å². The van der Waals surface area contributed by atoms with E-state index in [2.05, 4.69) is 6.58 Å². The van der Waals surface area contributed by atoms with Gasteiger partial charge in [0.15, 0.2) is 0 Å². The highest BCUT2D eigenvalue weighted by atomic mass is 32.2. The van der Waals surface area contributed by atoms with Gasteiger partial charge in [-0.25, -0.2) is 4.21 Å². The van der Waals surface area contributed by atoms with Crippen LogP contribution in [-0.4, -0.2) is 34.1 Å². The van der Waals surface area contributed by atoms with E-state index < -0.39 is 11.0 Å². The maximum atomic E-state index is 11.2. The summed E-state index contributed by atoms with van der Waals surface area (Å²) in [6.07, 6.45) is 1.88. The Morgan fingerprint density at radius 2 is 2.27 bits per heavy atom. The zero-order valence-corrected chi connectivity index (χ0v) is 7.60. The summed E-state index contributed by atoms with van der Waals surface area (Å²) in [5.41, 5.74) is 0. The molecule has 0 aromatic heterocycles. The van der Waals surface area contributed by atoms with Gasteiger partial charge in [0.2, 0.25) is 0 Å². The number of likely N-dealkylation sites (N-methyl/N-ethyl adjacent to an activating group) is 1.